The molecule has 0 heterocycles. The van der Waals surface area contributed by atoms with E-state index in [9.17, 15) is 0 Å². The highest BCUT2D eigenvalue weighted by atomic mass is 16.5. The molecule has 0 aromatic rings. The molecule has 0 saturated heterocycles. The molecule has 0 aromatic carbocycles. The number of rotatable bonds is 7. The summed E-state index contributed by atoms with van der Waals surface area (Å²) in [6.45, 7) is 11.4. The zero-order valence-electron chi connectivity index (χ0n) is 9.99. The van der Waals surface area contributed by atoms with Crippen LogP contribution in [0.5, 0.6) is 0 Å². The average Bonchev–Trinajstić information content (AvgIpc) is 2.12. The van der Waals surface area contributed by atoms with E-state index in [4.69, 9.17) is 9.47 Å². The number of nitrogens with zero attached hydrogens (tertiary/aromatic N) is 1. The van der Waals surface area contributed by atoms with E-state index in [0.717, 1.165) is 6.61 Å². The van der Waals surface area contributed by atoms with E-state index in [1.807, 2.05) is 40.8 Å². The first-order chi connectivity index (χ1) is 6.56. The lowest BCUT2D eigenvalue weighted by molar-refractivity contribution is -0.00955. The largest absolute Gasteiger partial charge is 0.376 e. The summed E-state index contributed by atoms with van der Waals surface area (Å²) in [6.07, 6.45) is 2.08. The minimum atomic E-state index is 0.0697. The maximum Gasteiger partial charge on any atom is 0.0895 e. The van der Waals surface area contributed by atoms with Crippen LogP contribution in [0.25, 0.3) is 0 Å². The molecule has 2 atom stereocenters. The van der Waals surface area contributed by atoms with Gasteiger partial charge in [-0.05, 0) is 34.6 Å². The highest BCUT2D eigenvalue weighted by molar-refractivity contribution is 5.62. The Bertz CT molecular complexity index is 157. The summed E-state index contributed by atoms with van der Waals surface area (Å²) in [5, 5.41) is 0. The predicted octanol–water partition coefficient (Wildman–Crippen LogP) is 2.30. The second-order valence-corrected chi connectivity index (χ2v) is 3.70. The van der Waals surface area contributed by atoms with Gasteiger partial charge in [-0.2, -0.15) is 0 Å². The molecule has 0 amide bonds. The van der Waals surface area contributed by atoms with Gasteiger partial charge in [-0.15, -0.1) is 0 Å². The van der Waals surface area contributed by atoms with E-state index < -0.39 is 0 Å². The summed E-state index contributed by atoms with van der Waals surface area (Å²) >= 11 is 0. The Morgan fingerprint density at radius 3 is 2.29 bits per heavy atom. The second-order valence-electron chi connectivity index (χ2n) is 3.70. The van der Waals surface area contributed by atoms with E-state index in [-0.39, 0.29) is 12.2 Å². The number of ether oxygens (including phenoxy) is 2. The topological polar surface area (TPSA) is 30.8 Å². The average molecular weight is 201 g/mol. The maximum absolute atomic E-state index is 5.53. The minimum Gasteiger partial charge on any atom is -0.376 e. The number of hydrogen-bond acceptors (Lipinski definition) is 3. The van der Waals surface area contributed by atoms with Crippen molar-refractivity contribution >= 4 is 6.21 Å². The summed E-state index contributed by atoms with van der Waals surface area (Å²) in [6, 6.07) is 0.338. The Kier molecular flexibility index (Phi) is 7.71. The summed E-state index contributed by atoms with van der Waals surface area (Å²) in [5.74, 6) is 0. The molecule has 0 fully saturated rings. The molecule has 0 N–H and O–H groups in total. The van der Waals surface area contributed by atoms with Gasteiger partial charge >= 0.3 is 0 Å². The fourth-order valence-electron chi connectivity index (χ4n) is 0.956. The van der Waals surface area contributed by atoms with E-state index in [1.165, 1.54) is 0 Å². The van der Waals surface area contributed by atoms with E-state index in [1.54, 1.807) is 0 Å². The Morgan fingerprint density at radius 2 is 1.79 bits per heavy atom. The summed E-state index contributed by atoms with van der Waals surface area (Å²) in [5.41, 5.74) is 0. The first kappa shape index (κ1) is 13.6. The molecule has 0 aromatic heterocycles. The fraction of sp³-hybridized carbons (Fsp3) is 0.909. The Morgan fingerprint density at radius 1 is 1.14 bits per heavy atom. The highest BCUT2D eigenvalue weighted by Crippen LogP contribution is 1.96. The lowest BCUT2D eigenvalue weighted by Gasteiger charge is -2.14. The molecule has 0 rings (SSSR count). The van der Waals surface area contributed by atoms with E-state index in [2.05, 4.69) is 4.99 Å². The highest BCUT2D eigenvalue weighted by Gasteiger charge is 2.04. The van der Waals surface area contributed by atoms with Gasteiger partial charge in [0.25, 0.3) is 0 Å². The molecule has 3 nitrogen and oxygen atoms in total. The molecule has 0 radical (unpaired) electrons. The smallest absolute Gasteiger partial charge is 0.0895 e. The van der Waals surface area contributed by atoms with Crippen LogP contribution < -0.4 is 0 Å². The van der Waals surface area contributed by atoms with Crippen molar-refractivity contribution in [3.05, 3.63) is 0 Å². The molecule has 0 aliphatic heterocycles. The van der Waals surface area contributed by atoms with Gasteiger partial charge in [-0.25, -0.2) is 0 Å². The number of hydrogen-bond donors (Lipinski definition) is 0. The number of aliphatic imine (C=N–C) groups is 1. The van der Waals surface area contributed by atoms with Crippen LogP contribution in [0.3, 0.4) is 0 Å². The third-order valence-corrected chi connectivity index (χ3v) is 1.64. The zero-order valence-corrected chi connectivity index (χ0v) is 9.99. The monoisotopic (exact) mass is 201 g/mol. The van der Waals surface area contributed by atoms with Gasteiger partial charge in [0.05, 0.1) is 18.8 Å². The molecule has 3 heteroatoms. The molecular formula is C11H23NO2. The van der Waals surface area contributed by atoms with Crippen molar-refractivity contribution < 1.29 is 9.47 Å². The molecule has 0 spiro atoms. The molecule has 0 saturated carbocycles. The Balaban J connectivity index is 3.57. The third-order valence-electron chi connectivity index (χ3n) is 1.64. The predicted molar refractivity (Wildman–Crippen MR) is 60.1 cm³/mol. The standard InChI is InChI=1S/C11H23NO2/c1-6-13-11(5)8-14-10(4)7-12-9(2)3/h7,9-11H,6,8H2,1-5H3/b12-7+. The third kappa shape index (κ3) is 8.20. The zero-order chi connectivity index (χ0) is 11.0. The van der Waals surface area contributed by atoms with Crippen LogP contribution >= 0.6 is 0 Å². The van der Waals surface area contributed by atoms with Crippen LogP contribution in [0.15, 0.2) is 4.99 Å². The fourth-order valence-corrected chi connectivity index (χ4v) is 0.956. The van der Waals surface area contributed by atoms with Crippen LogP contribution in [0.2, 0.25) is 0 Å². The van der Waals surface area contributed by atoms with Crippen LogP contribution in [-0.4, -0.2) is 37.7 Å². The van der Waals surface area contributed by atoms with Crippen molar-refractivity contribution in [1.29, 1.82) is 0 Å². The molecule has 14 heavy (non-hydrogen) atoms. The molecule has 0 bridgehead atoms. The quantitative estimate of drug-likeness (QED) is 0.592. The van der Waals surface area contributed by atoms with Gasteiger partial charge in [0.1, 0.15) is 0 Å². The van der Waals surface area contributed by atoms with Crippen LogP contribution in [0.4, 0.5) is 0 Å². The van der Waals surface area contributed by atoms with E-state index in [0.29, 0.717) is 12.6 Å². The van der Waals surface area contributed by atoms with Gasteiger partial charge in [-0.3, -0.25) is 4.99 Å². The van der Waals surface area contributed by atoms with Crippen molar-refractivity contribution in [2.75, 3.05) is 13.2 Å². The Hall–Kier alpha value is -0.410. The lowest BCUT2D eigenvalue weighted by Crippen LogP contribution is -2.21. The van der Waals surface area contributed by atoms with Gasteiger partial charge < -0.3 is 9.47 Å². The SMILES string of the molecule is CCOC(C)COC(C)/C=N/C(C)C. The molecule has 0 aliphatic rings. The van der Waals surface area contributed by atoms with Crippen LogP contribution in [0, 0.1) is 0 Å². The molecular weight excluding hydrogens is 178 g/mol. The summed E-state index contributed by atoms with van der Waals surface area (Å²) in [7, 11) is 0. The van der Waals surface area contributed by atoms with Crippen molar-refractivity contribution in [2.24, 2.45) is 4.99 Å². The first-order valence-corrected chi connectivity index (χ1v) is 5.32. The molecule has 0 aliphatic carbocycles. The normalized spacial score (nSPS) is 16.4. The second kappa shape index (κ2) is 7.94. The van der Waals surface area contributed by atoms with Gasteiger partial charge in [0, 0.05) is 18.9 Å². The molecule has 84 valence electrons. The molecule has 2 unspecified atom stereocenters. The van der Waals surface area contributed by atoms with Crippen molar-refractivity contribution in [1.82, 2.24) is 0 Å². The van der Waals surface area contributed by atoms with Crippen LogP contribution in [0.1, 0.15) is 34.6 Å². The van der Waals surface area contributed by atoms with Gasteiger partial charge in [0.2, 0.25) is 0 Å². The van der Waals surface area contributed by atoms with E-state index >= 15 is 0 Å². The van der Waals surface area contributed by atoms with Crippen molar-refractivity contribution in [3.8, 4) is 0 Å². The minimum absolute atomic E-state index is 0.0697. The van der Waals surface area contributed by atoms with Crippen LogP contribution in [-0.2, 0) is 9.47 Å². The first-order valence-electron chi connectivity index (χ1n) is 5.32. The summed E-state index contributed by atoms with van der Waals surface area (Å²) < 4.78 is 10.9. The van der Waals surface area contributed by atoms with Gasteiger partial charge in [-0.1, -0.05) is 0 Å². The lowest BCUT2D eigenvalue weighted by atomic mass is 10.4. The van der Waals surface area contributed by atoms with Crippen molar-refractivity contribution in [2.45, 2.75) is 52.9 Å². The Labute approximate surface area is 87.5 Å². The van der Waals surface area contributed by atoms with Crippen molar-refractivity contribution in [3.63, 3.8) is 0 Å². The van der Waals surface area contributed by atoms with Gasteiger partial charge in [0.15, 0.2) is 0 Å². The summed E-state index contributed by atoms with van der Waals surface area (Å²) in [4.78, 5) is 4.26. The maximum atomic E-state index is 5.53.